The van der Waals surface area contributed by atoms with E-state index in [0.717, 1.165) is 5.56 Å². The van der Waals surface area contributed by atoms with E-state index in [0.29, 0.717) is 22.0 Å². The van der Waals surface area contributed by atoms with Gasteiger partial charge in [-0.05, 0) is 13.0 Å². The fourth-order valence-electron chi connectivity index (χ4n) is 1.94. The standard InChI is InChI=1S/C14H17ClN4O2/c1-8(9-6-17-19(2)7-9)18-14(20)10-4-11(15)12(16)5-13(10)21-3/h4-8H,16H2,1-3H3,(H,18,20). The summed E-state index contributed by atoms with van der Waals surface area (Å²) < 4.78 is 6.86. The lowest BCUT2D eigenvalue weighted by Gasteiger charge is -2.15. The van der Waals surface area contributed by atoms with Crippen LogP contribution in [0.15, 0.2) is 24.5 Å². The topological polar surface area (TPSA) is 82.2 Å². The summed E-state index contributed by atoms with van der Waals surface area (Å²) in [6.45, 7) is 1.88. The van der Waals surface area contributed by atoms with Crippen LogP contribution in [-0.4, -0.2) is 22.8 Å². The van der Waals surface area contributed by atoms with E-state index in [1.807, 2.05) is 20.2 Å². The molecule has 1 unspecified atom stereocenters. The third kappa shape index (κ3) is 3.28. The normalized spacial score (nSPS) is 12.0. The molecule has 0 radical (unpaired) electrons. The molecule has 0 aliphatic rings. The predicted molar refractivity (Wildman–Crippen MR) is 81.5 cm³/mol. The van der Waals surface area contributed by atoms with Gasteiger partial charge in [0.1, 0.15) is 5.75 Å². The quantitative estimate of drug-likeness (QED) is 0.848. The summed E-state index contributed by atoms with van der Waals surface area (Å²) in [7, 11) is 3.30. The number of hydrogen-bond donors (Lipinski definition) is 2. The van der Waals surface area contributed by atoms with Gasteiger partial charge in [0.2, 0.25) is 0 Å². The van der Waals surface area contributed by atoms with Gasteiger partial charge in [-0.1, -0.05) is 11.6 Å². The molecule has 0 fully saturated rings. The van der Waals surface area contributed by atoms with E-state index in [2.05, 4.69) is 10.4 Å². The summed E-state index contributed by atoms with van der Waals surface area (Å²) in [5.74, 6) is 0.0953. The average Bonchev–Trinajstić information content (AvgIpc) is 2.88. The van der Waals surface area contributed by atoms with Crippen LogP contribution >= 0.6 is 11.6 Å². The van der Waals surface area contributed by atoms with E-state index >= 15 is 0 Å². The number of hydrogen-bond acceptors (Lipinski definition) is 4. The molecule has 2 aromatic rings. The number of carbonyl (C=O) groups excluding carboxylic acids is 1. The second-order valence-electron chi connectivity index (χ2n) is 4.72. The second kappa shape index (κ2) is 6.05. The van der Waals surface area contributed by atoms with Crippen LogP contribution in [0.4, 0.5) is 5.69 Å². The van der Waals surface area contributed by atoms with Crippen molar-refractivity contribution in [2.45, 2.75) is 13.0 Å². The number of methoxy groups -OCH3 is 1. The molecule has 0 aliphatic carbocycles. The molecule has 112 valence electrons. The maximum atomic E-state index is 12.4. The van der Waals surface area contributed by atoms with Crippen molar-refractivity contribution in [2.75, 3.05) is 12.8 Å². The SMILES string of the molecule is COc1cc(N)c(Cl)cc1C(=O)NC(C)c1cnn(C)c1. The number of aromatic nitrogens is 2. The highest BCUT2D eigenvalue weighted by molar-refractivity contribution is 6.33. The molecule has 0 bridgehead atoms. The summed E-state index contributed by atoms with van der Waals surface area (Å²) in [4.78, 5) is 12.4. The van der Waals surface area contributed by atoms with Crippen LogP contribution in [0.5, 0.6) is 5.75 Å². The number of carbonyl (C=O) groups is 1. The van der Waals surface area contributed by atoms with Gasteiger partial charge in [0.25, 0.3) is 5.91 Å². The first-order valence-electron chi connectivity index (χ1n) is 6.34. The van der Waals surface area contributed by atoms with Gasteiger partial charge in [-0.15, -0.1) is 0 Å². The maximum Gasteiger partial charge on any atom is 0.255 e. The zero-order chi connectivity index (χ0) is 15.6. The Morgan fingerprint density at radius 2 is 2.24 bits per heavy atom. The number of ether oxygens (including phenoxy) is 1. The molecule has 1 heterocycles. The first kappa shape index (κ1) is 15.2. The lowest BCUT2D eigenvalue weighted by molar-refractivity contribution is 0.0937. The van der Waals surface area contributed by atoms with Crippen molar-refractivity contribution in [1.29, 1.82) is 0 Å². The van der Waals surface area contributed by atoms with Crippen LogP contribution in [0.2, 0.25) is 5.02 Å². The average molecular weight is 309 g/mol. The molecule has 1 aromatic carbocycles. The number of nitrogens with one attached hydrogen (secondary N) is 1. The number of nitrogens with two attached hydrogens (primary N) is 1. The molecular weight excluding hydrogens is 292 g/mol. The van der Waals surface area contributed by atoms with E-state index < -0.39 is 0 Å². The van der Waals surface area contributed by atoms with Gasteiger partial charge in [-0.25, -0.2) is 0 Å². The fourth-order valence-corrected chi connectivity index (χ4v) is 2.10. The van der Waals surface area contributed by atoms with Crippen LogP contribution in [-0.2, 0) is 7.05 Å². The highest BCUT2D eigenvalue weighted by atomic mass is 35.5. The van der Waals surface area contributed by atoms with Gasteiger partial charge in [0.05, 0.1) is 35.6 Å². The minimum absolute atomic E-state index is 0.188. The van der Waals surface area contributed by atoms with Crippen LogP contribution in [0.25, 0.3) is 0 Å². The number of nitrogen functional groups attached to an aromatic ring is 1. The monoisotopic (exact) mass is 308 g/mol. The van der Waals surface area contributed by atoms with E-state index in [-0.39, 0.29) is 11.9 Å². The van der Waals surface area contributed by atoms with Crippen molar-refractivity contribution in [3.05, 3.63) is 40.7 Å². The third-order valence-corrected chi connectivity index (χ3v) is 3.46. The lowest BCUT2D eigenvalue weighted by Crippen LogP contribution is -2.27. The molecule has 0 saturated heterocycles. The molecular formula is C14H17ClN4O2. The Hall–Kier alpha value is -2.21. The number of nitrogens with zero attached hydrogens (tertiary/aromatic N) is 2. The van der Waals surface area contributed by atoms with Crippen molar-refractivity contribution in [2.24, 2.45) is 7.05 Å². The predicted octanol–water partition coefficient (Wildman–Crippen LogP) is 2.16. The van der Waals surface area contributed by atoms with E-state index in [9.17, 15) is 4.79 Å². The molecule has 6 nitrogen and oxygen atoms in total. The molecule has 2 rings (SSSR count). The maximum absolute atomic E-state index is 12.4. The highest BCUT2D eigenvalue weighted by Gasteiger charge is 2.18. The first-order valence-corrected chi connectivity index (χ1v) is 6.72. The number of rotatable bonds is 4. The van der Waals surface area contributed by atoms with Crippen molar-refractivity contribution in [1.82, 2.24) is 15.1 Å². The number of aryl methyl sites for hydroxylation is 1. The lowest BCUT2D eigenvalue weighted by atomic mass is 10.1. The summed E-state index contributed by atoms with van der Waals surface area (Å²) in [6, 6.07) is 2.85. The van der Waals surface area contributed by atoms with Gasteiger partial charge in [-0.2, -0.15) is 5.10 Å². The van der Waals surface area contributed by atoms with E-state index in [4.69, 9.17) is 22.1 Å². The van der Waals surface area contributed by atoms with Crippen molar-refractivity contribution in [3.8, 4) is 5.75 Å². The minimum Gasteiger partial charge on any atom is -0.496 e. The van der Waals surface area contributed by atoms with E-state index in [1.165, 1.54) is 19.2 Å². The Morgan fingerprint density at radius 1 is 1.52 bits per heavy atom. The Morgan fingerprint density at radius 3 is 2.81 bits per heavy atom. The molecule has 1 atom stereocenters. The van der Waals surface area contributed by atoms with Crippen LogP contribution in [0.3, 0.4) is 0 Å². The Kier molecular flexibility index (Phi) is 4.37. The van der Waals surface area contributed by atoms with Gasteiger partial charge < -0.3 is 15.8 Å². The van der Waals surface area contributed by atoms with Crippen LogP contribution < -0.4 is 15.8 Å². The Balaban J connectivity index is 2.22. The number of amides is 1. The van der Waals surface area contributed by atoms with Gasteiger partial charge in [0.15, 0.2) is 0 Å². The molecule has 0 aliphatic heterocycles. The zero-order valence-electron chi connectivity index (χ0n) is 12.1. The fraction of sp³-hybridized carbons (Fsp3) is 0.286. The molecule has 0 spiro atoms. The molecule has 1 aromatic heterocycles. The largest absolute Gasteiger partial charge is 0.496 e. The second-order valence-corrected chi connectivity index (χ2v) is 5.12. The molecule has 3 N–H and O–H groups in total. The van der Waals surface area contributed by atoms with Crippen molar-refractivity contribution < 1.29 is 9.53 Å². The molecule has 21 heavy (non-hydrogen) atoms. The smallest absolute Gasteiger partial charge is 0.255 e. The van der Waals surface area contributed by atoms with Crippen molar-refractivity contribution in [3.63, 3.8) is 0 Å². The molecule has 1 amide bonds. The van der Waals surface area contributed by atoms with Gasteiger partial charge >= 0.3 is 0 Å². The number of anilines is 1. The Labute approximate surface area is 127 Å². The van der Waals surface area contributed by atoms with Crippen molar-refractivity contribution >= 4 is 23.2 Å². The minimum atomic E-state index is -0.287. The van der Waals surface area contributed by atoms with E-state index in [1.54, 1.807) is 10.9 Å². The summed E-state index contributed by atoms with van der Waals surface area (Å²) >= 11 is 5.97. The third-order valence-electron chi connectivity index (χ3n) is 3.14. The number of halogens is 1. The molecule has 7 heteroatoms. The molecule has 0 saturated carbocycles. The number of benzene rings is 1. The van der Waals surface area contributed by atoms with Gasteiger partial charge in [0, 0.05) is 24.9 Å². The Bertz CT molecular complexity index is 669. The van der Waals surface area contributed by atoms with Crippen LogP contribution in [0.1, 0.15) is 28.9 Å². The summed E-state index contributed by atoms with van der Waals surface area (Å²) in [6.07, 6.45) is 3.55. The zero-order valence-corrected chi connectivity index (χ0v) is 12.8. The summed E-state index contributed by atoms with van der Waals surface area (Å²) in [5.41, 5.74) is 7.32. The highest BCUT2D eigenvalue weighted by Crippen LogP contribution is 2.29. The van der Waals surface area contributed by atoms with Crippen LogP contribution in [0, 0.1) is 0 Å². The van der Waals surface area contributed by atoms with Gasteiger partial charge in [-0.3, -0.25) is 9.48 Å². The summed E-state index contributed by atoms with van der Waals surface area (Å²) in [5, 5.41) is 7.27. The first-order chi connectivity index (χ1) is 9.92.